The Morgan fingerprint density at radius 1 is 1.24 bits per heavy atom. The Labute approximate surface area is 156 Å². The zero-order valence-corrected chi connectivity index (χ0v) is 14.8. The smallest absolute Gasteiger partial charge is 0.335 e. The molecule has 0 spiro atoms. The number of amides is 1. The van der Waals surface area contributed by atoms with Crippen LogP contribution in [0.1, 0.15) is 15.9 Å². The number of nitrogens with zero attached hydrogens (tertiary/aromatic N) is 1. The highest BCUT2D eigenvalue weighted by atomic mass is 35.5. The Kier molecular flexibility index (Phi) is 4.89. The Morgan fingerprint density at radius 3 is 2.52 bits per heavy atom. The highest BCUT2D eigenvalue weighted by Gasteiger charge is 2.33. The summed E-state index contributed by atoms with van der Waals surface area (Å²) in [4.78, 5) is 25.1. The fourth-order valence-electron chi connectivity index (χ4n) is 2.19. The van der Waals surface area contributed by atoms with Crippen molar-refractivity contribution in [2.45, 2.75) is 0 Å². The molecule has 0 aliphatic carbocycles. The van der Waals surface area contributed by atoms with E-state index in [1.165, 1.54) is 35.2 Å². The van der Waals surface area contributed by atoms with Gasteiger partial charge in [-0.15, -0.1) is 0 Å². The second-order valence-electron chi connectivity index (χ2n) is 5.04. The Hall–Kier alpha value is -2.22. The number of halogens is 2. The summed E-state index contributed by atoms with van der Waals surface area (Å²) in [6.45, 7) is 0. The quantitative estimate of drug-likeness (QED) is 0.610. The number of carbonyl (C=O) groups excluding carboxylic acids is 1. The van der Waals surface area contributed by atoms with E-state index in [1.54, 1.807) is 18.2 Å². The van der Waals surface area contributed by atoms with Crippen LogP contribution in [-0.4, -0.2) is 21.3 Å². The average Bonchev–Trinajstić information content (AvgIpc) is 2.85. The molecule has 0 bridgehead atoms. The molecule has 4 nitrogen and oxygen atoms in total. The van der Waals surface area contributed by atoms with Crippen molar-refractivity contribution in [1.82, 2.24) is 0 Å². The monoisotopic (exact) mass is 393 g/mol. The number of thioether (sulfide) groups is 1. The van der Waals surface area contributed by atoms with Crippen LogP contribution in [0.3, 0.4) is 0 Å². The van der Waals surface area contributed by atoms with E-state index < -0.39 is 11.8 Å². The van der Waals surface area contributed by atoms with Crippen LogP contribution in [0.5, 0.6) is 0 Å². The second kappa shape index (κ2) is 6.95. The molecule has 1 amide bonds. The molecule has 2 aromatic rings. The number of rotatable bonds is 3. The lowest BCUT2D eigenvalue weighted by molar-refractivity contribution is -0.113. The van der Waals surface area contributed by atoms with Gasteiger partial charge in [0, 0.05) is 0 Å². The van der Waals surface area contributed by atoms with Gasteiger partial charge in [-0.3, -0.25) is 9.69 Å². The highest BCUT2D eigenvalue weighted by molar-refractivity contribution is 8.27. The molecular weight excluding hydrogens is 385 g/mol. The summed E-state index contributed by atoms with van der Waals surface area (Å²) in [5.74, 6) is -1.95. The highest BCUT2D eigenvalue weighted by Crippen LogP contribution is 2.37. The molecule has 1 aliphatic rings. The van der Waals surface area contributed by atoms with Crippen LogP contribution in [0, 0.1) is 5.82 Å². The van der Waals surface area contributed by atoms with Crippen molar-refractivity contribution < 1.29 is 19.1 Å². The lowest BCUT2D eigenvalue weighted by atomic mass is 10.1. The van der Waals surface area contributed by atoms with Gasteiger partial charge in [0.2, 0.25) is 0 Å². The largest absolute Gasteiger partial charge is 0.478 e. The summed E-state index contributed by atoms with van der Waals surface area (Å²) in [5.41, 5.74) is 1.21. The van der Waals surface area contributed by atoms with Crippen molar-refractivity contribution >= 4 is 63.5 Å². The molecule has 2 aromatic carbocycles. The van der Waals surface area contributed by atoms with Crippen molar-refractivity contribution in [1.29, 1.82) is 0 Å². The molecule has 0 aromatic heterocycles. The number of benzene rings is 2. The number of anilines is 1. The topological polar surface area (TPSA) is 57.6 Å². The van der Waals surface area contributed by atoms with Crippen LogP contribution >= 0.6 is 35.6 Å². The minimum Gasteiger partial charge on any atom is -0.478 e. The van der Waals surface area contributed by atoms with Gasteiger partial charge < -0.3 is 5.11 Å². The van der Waals surface area contributed by atoms with E-state index in [2.05, 4.69) is 0 Å². The van der Waals surface area contributed by atoms with Gasteiger partial charge in [-0.05, 0) is 42.0 Å². The zero-order chi connectivity index (χ0) is 18.1. The standard InChI is InChI=1S/C17H9ClFNO3S2/c18-12-8-11(5-6-13(12)19)20-15(21)14(25-17(20)24)7-9-1-3-10(4-2-9)16(22)23/h1-8H,(H,22,23). The Bertz CT molecular complexity index is 928. The lowest BCUT2D eigenvalue weighted by Crippen LogP contribution is -2.27. The molecule has 1 N–H and O–H groups in total. The second-order valence-corrected chi connectivity index (χ2v) is 7.13. The van der Waals surface area contributed by atoms with Crippen LogP contribution in [-0.2, 0) is 4.79 Å². The molecule has 1 heterocycles. The maximum Gasteiger partial charge on any atom is 0.335 e. The summed E-state index contributed by atoms with van der Waals surface area (Å²) in [5, 5.41) is 8.81. The van der Waals surface area contributed by atoms with Crippen LogP contribution in [0.2, 0.25) is 5.02 Å². The van der Waals surface area contributed by atoms with Crippen LogP contribution in [0.15, 0.2) is 47.4 Å². The minimum atomic E-state index is -1.02. The number of carboxylic acids is 1. The summed E-state index contributed by atoms with van der Waals surface area (Å²) in [6.07, 6.45) is 1.62. The molecule has 3 rings (SSSR count). The van der Waals surface area contributed by atoms with E-state index in [0.717, 1.165) is 11.8 Å². The number of aromatic carboxylic acids is 1. The molecule has 0 atom stereocenters. The third kappa shape index (κ3) is 3.58. The van der Waals surface area contributed by atoms with E-state index in [9.17, 15) is 14.0 Å². The maximum atomic E-state index is 13.3. The SMILES string of the molecule is O=C(O)c1ccc(C=C2SC(=S)N(c3ccc(F)c(Cl)c3)C2=O)cc1. The molecule has 0 saturated carbocycles. The fraction of sp³-hybridized carbons (Fsp3) is 0. The van der Waals surface area contributed by atoms with Gasteiger partial charge >= 0.3 is 5.97 Å². The van der Waals surface area contributed by atoms with Crippen molar-refractivity contribution in [2.75, 3.05) is 4.90 Å². The molecule has 0 unspecified atom stereocenters. The number of carboxylic acid groups (broad SMARTS) is 1. The van der Waals surface area contributed by atoms with Gasteiger partial charge in [0.25, 0.3) is 5.91 Å². The van der Waals surface area contributed by atoms with Gasteiger partial charge in [-0.1, -0.05) is 47.7 Å². The summed E-state index contributed by atoms with van der Waals surface area (Å²) >= 11 is 12.1. The van der Waals surface area contributed by atoms with Gasteiger partial charge in [0.05, 0.1) is 21.2 Å². The molecule has 1 saturated heterocycles. The first-order chi connectivity index (χ1) is 11.9. The average molecular weight is 394 g/mol. The van der Waals surface area contributed by atoms with E-state index in [0.29, 0.717) is 20.5 Å². The molecule has 1 aliphatic heterocycles. The third-order valence-corrected chi connectivity index (χ3v) is 5.00. The van der Waals surface area contributed by atoms with Crippen LogP contribution in [0.25, 0.3) is 6.08 Å². The predicted molar refractivity (Wildman–Crippen MR) is 100 cm³/mol. The van der Waals surface area contributed by atoms with Gasteiger partial charge in [-0.25, -0.2) is 9.18 Å². The lowest BCUT2D eigenvalue weighted by Gasteiger charge is -2.14. The number of hydrogen-bond acceptors (Lipinski definition) is 4. The van der Waals surface area contributed by atoms with Crippen molar-refractivity contribution in [3.8, 4) is 0 Å². The summed E-state index contributed by atoms with van der Waals surface area (Å²) < 4.78 is 13.6. The summed E-state index contributed by atoms with van der Waals surface area (Å²) in [7, 11) is 0. The van der Waals surface area contributed by atoms with Gasteiger partial charge in [0.15, 0.2) is 4.32 Å². The van der Waals surface area contributed by atoms with Crippen molar-refractivity contribution in [3.05, 3.63) is 69.3 Å². The molecule has 0 radical (unpaired) electrons. The van der Waals surface area contributed by atoms with Crippen LogP contribution < -0.4 is 4.90 Å². The number of hydrogen-bond donors (Lipinski definition) is 1. The fourth-order valence-corrected chi connectivity index (χ4v) is 3.66. The first-order valence-corrected chi connectivity index (χ1v) is 8.53. The molecule has 8 heteroatoms. The zero-order valence-electron chi connectivity index (χ0n) is 12.4. The van der Waals surface area contributed by atoms with E-state index in [-0.39, 0.29) is 16.5 Å². The molecule has 1 fully saturated rings. The van der Waals surface area contributed by atoms with Crippen LogP contribution in [0.4, 0.5) is 10.1 Å². The van der Waals surface area contributed by atoms with Crippen molar-refractivity contribution in [2.24, 2.45) is 0 Å². The van der Waals surface area contributed by atoms with E-state index >= 15 is 0 Å². The molecule has 25 heavy (non-hydrogen) atoms. The third-order valence-electron chi connectivity index (χ3n) is 3.41. The maximum absolute atomic E-state index is 13.3. The minimum absolute atomic E-state index is 0.0974. The number of thiocarbonyl (C=S) groups is 1. The van der Waals surface area contributed by atoms with Gasteiger partial charge in [-0.2, -0.15) is 0 Å². The first-order valence-electron chi connectivity index (χ1n) is 6.93. The summed E-state index contributed by atoms with van der Waals surface area (Å²) in [6, 6.07) is 10.0. The molecular formula is C17H9ClFNO3S2. The predicted octanol–water partition coefficient (Wildman–Crippen LogP) is 4.58. The van der Waals surface area contributed by atoms with E-state index in [4.69, 9.17) is 28.9 Å². The van der Waals surface area contributed by atoms with E-state index in [1.807, 2.05) is 0 Å². The number of carbonyl (C=O) groups is 2. The van der Waals surface area contributed by atoms with Crippen molar-refractivity contribution in [3.63, 3.8) is 0 Å². The Balaban J connectivity index is 1.90. The van der Waals surface area contributed by atoms with Gasteiger partial charge in [0.1, 0.15) is 5.82 Å². The first kappa shape index (κ1) is 17.6. The Morgan fingerprint density at radius 2 is 1.92 bits per heavy atom. The normalized spacial score (nSPS) is 15.9. The molecule has 126 valence electrons.